The molecule has 1 aromatic rings. The van der Waals surface area contributed by atoms with Gasteiger partial charge in [0.2, 0.25) is 5.91 Å². The monoisotopic (exact) mass is 581 g/mol. The SMILES string of the molecule is CO[C@@H]1COCC[C@@H]1N[C@@H]1C[C@H]2CN(C(=O)NCC(C)(C)C)C[C@@]2(C(=O)N2CCc3ncc(C(F)(F)F)cc3C2)C1. The van der Waals surface area contributed by atoms with Gasteiger partial charge < -0.3 is 29.9 Å². The van der Waals surface area contributed by atoms with Crippen molar-refractivity contribution in [1.29, 1.82) is 0 Å². The zero-order valence-corrected chi connectivity index (χ0v) is 24.4. The first kappa shape index (κ1) is 30.0. The van der Waals surface area contributed by atoms with Gasteiger partial charge in [-0.15, -0.1) is 0 Å². The van der Waals surface area contributed by atoms with Crippen LogP contribution in [0.3, 0.4) is 0 Å². The average Bonchev–Trinajstić information content (AvgIpc) is 3.45. The number of pyridine rings is 1. The van der Waals surface area contributed by atoms with Crippen molar-refractivity contribution in [1.82, 2.24) is 25.4 Å². The van der Waals surface area contributed by atoms with Gasteiger partial charge in [-0.25, -0.2) is 4.79 Å². The number of likely N-dealkylation sites (tertiary alicyclic amines) is 1. The molecule has 228 valence electrons. The molecular weight excluding hydrogens is 539 g/mol. The number of nitrogens with one attached hydrogen (secondary N) is 2. The summed E-state index contributed by atoms with van der Waals surface area (Å²) >= 11 is 0. The Morgan fingerprint density at radius 2 is 2.02 bits per heavy atom. The van der Waals surface area contributed by atoms with Crippen LogP contribution in [0.1, 0.15) is 56.9 Å². The van der Waals surface area contributed by atoms with Gasteiger partial charge in [0.25, 0.3) is 0 Å². The Bertz CT molecular complexity index is 1140. The van der Waals surface area contributed by atoms with Gasteiger partial charge in [0.05, 0.1) is 23.7 Å². The van der Waals surface area contributed by atoms with E-state index < -0.39 is 17.2 Å². The van der Waals surface area contributed by atoms with E-state index in [2.05, 4.69) is 15.6 Å². The number of hydrogen-bond acceptors (Lipinski definition) is 6. The molecule has 0 aromatic carbocycles. The third-order valence-electron chi connectivity index (χ3n) is 9.07. The van der Waals surface area contributed by atoms with Crippen molar-refractivity contribution in [2.24, 2.45) is 16.7 Å². The summed E-state index contributed by atoms with van der Waals surface area (Å²) in [4.78, 5) is 35.0. The number of fused-ring (bicyclic) bond motifs is 2. The molecule has 0 unspecified atom stereocenters. The molecule has 1 aliphatic carbocycles. The van der Waals surface area contributed by atoms with Crippen LogP contribution in [0.15, 0.2) is 12.3 Å². The van der Waals surface area contributed by atoms with E-state index in [4.69, 9.17) is 9.47 Å². The molecule has 0 spiro atoms. The van der Waals surface area contributed by atoms with Crippen molar-refractivity contribution in [3.8, 4) is 0 Å². The zero-order chi connectivity index (χ0) is 29.6. The van der Waals surface area contributed by atoms with Crippen LogP contribution in [0.25, 0.3) is 0 Å². The number of nitrogens with zero attached hydrogens (tertiary/aromatic N) is 3. The molecule has 2 saturated heterocycles. The predicted octanol–water partition coefficient (Wildman–Crippen LogP) is 3.21. The van der Waals surface area contributed by atoms with Crippen molar-refractivity contribution < 1.29 is 32.2 Å². The highest BCUT2D eigenvalue weighted by Crippen LogP contribution is 2.51. The third kappa shape index (κ3) is 6.34. The van der Waals surface area contributed by atoms with E-state index >= 15 is 0 Å². The van der Waals surface area contributed by atoms with E-state index in [1.54, 1.807) is 16.9 Å². The normalized spacial score (nSPS) is 30.2. The fourth-order valence-corrected chi connectivity index (χ4v) is 6.94. The zero-order valence-electron chi connectivity index (χ0n) is 24.4. The lowest BCUT2D eigenvalue weighted by Gasteiger charge is -2.38. The van der Waals surface area contributed by atoms with Gasteiger partial charge in [-0.05, 0) is 42.2 Å². The first-order valence-corrected chi connectivity index (χ1v) is 14.5. The number of amides is 3. The summed E-state index contributed by atoms with van der Waals surface area (Å²) < 4.78 is 51.4. The van der Waals surface area contributed by atoms with Gasteiger partial charge in [0, 0.05) is 76.8 Å². The smallest absolute Gasteiger partial charge is 0.379 e. The summed E-state index contributed by atoms with van der Waals surface area (Å²) in [6, 6.07) is 1.09. The molecule has 3 fully saturated rings. The maximum Gasteiger partial charge on any atom is 0.417 e. The minimum absolute atomic E-state index is 0.0556. The number of aromatic nitrogens is 1. The first-order valence-electron chi connectivity index (χ1n) is 14.5. The van der Waals surface area contributed by atoms with Crippen LogP contribution < -0.4 is 10.6 Å². The minimum Gasteiger partial charge on any atom is -0.379 e. The van der Waals surface area contributed by atoms with Gasteiger partial charge >= 0.3 is 12.2 Å². The number of halogens is 3. The quantitative estimate of drug-likeness (QED) is 0.555. The van der Waals surface area contributed by atoms with Crippen molar-refractivity contribution in [2.45, 2.75) is 77.4 Å². The van der Waals surface area contributed by atoms with Gasteiger partial charge in [-0.3, -0.25) is 9.78 Å². The number of carbonyl (C=O) groups is 2. The highest BCUT2D eigenvalue weighted by atomic mass is 19.4. The van der Waals surface area contributed by atoms with E-state index in [0.717, 1.165) is 25.1 Å². The first-order chi connectivity index (χ1) is 19.3. The molecule has 3 amide bonds. The van der Waals surface area contributed by atoms with E-state index in [0.29, 0.717) is 56.9 Å². The fourth-order valence-electron chi connectivity index (χ4n) is 6.94. The molecule has 3 aliphatic heterocycles. The second-order valence-electron chi connectivity index (χ2n) is 13.3. The lowest BCUT2D eigenvalue weighted by Crippen LogP contribution is -2.53. The van der Waals surface area contributed by atoms with E-state index in [1.165, 1.54) is 0 Å². The third-order valence-corrected chi connectivity index (χ3v) is 9.07. The Labute approximate surface area is 239 Å². The lowest BCUT2D eigenvalue weighted by molar-refractivity contribution is -0.143. The molecule has 4 heterocycles. The molecule has 12 heteroatoms. The maximum atomic E-state index is 14.4. The molecule has 4 aliphatic rings. The summed E-state index contributed by atoms with van der Waals surface area (Å²) in [7, 11) is 1.67. The maximum absolute atomic E-state index is 14.4. The van der Waals surface area contributed by atoms with Crippen LogP contribution in [-0.2, 0) is 33.4 Å². The minimum atomic E-state index is -4.50. The molecule has 9 nitrogen and oxygen atoms in total. The van der Waals surface area contributed by atoms with Gasteiger partial charge in [-0.1, -0.05) is 20.8 Å². The van der Waals surface area contributed by atoms with Gasteiger partial charge in [0.1, 0.15) is 0 Å². The summed E-state index contributed by atoms with van der Waals surface area (Å²) in [5, 5.41) is 6.74. The van der Waals surface area contributed by atoms with Crippen LogP contribution >= 0.6 is 0 Å². The Morgan fingerprint density at radius 3 is 2.73 bits per heavy atom. The van der Waals surface area contributed by atoms with Crippen LogP contribution in [-0.4, -0.2) is 91.4 Å². The van der Waals surface area contributed by atoms with Crippen molar-refractivity contribution in [2.75, 3.05) is 46.5 Å². The molecular formula is C29H42F3N5O4. The number of ether oxygens (including phenoxy) is 2. The highest BCUT2D eigenvalue weighted by Gasteiger charge is 2.60. The number of carbonyl (C=O) groups excluding carboxylic acids is 2. The largest absolute Gasteiger partial charge is 0.417 e. The fraction of sp³-hybridized carbons (Fsp3) is 0.759. The summed E-state index contributed by atoms with van der Waals surface area (Å²) in [5.41, 5.74) is -0.667. The number of methoxy groups -OCH3 is 1. The van der Waals surface area contributed by atoms with Crippen molar-refractivity contribution >= 4 is 11.9 Å². The lowest BCUT2D eigenvalue weighted by atomic mass is 9.78. The molecule has 5 atom stereocenters. The molecule has 5 rings (SSSR count). The Kier molecular flexibility index (Phi) is 8.30. The molecule has 1 saturated carbocycles. The Morgan fingerprint density at radius 1 is 1.24 bits per heavy atom. The molecule has 1 aromatic heterocycles. The van der Waals surface area contributed by atoms with E-state index in [1.807, 2.05) is 20.8 Å². The number of urea groups is 1. The van der Waals surface area contributed by atoms with E-state index in [9.17, 15) is 22.8 Å². The second kappa shape index (κ2) is 11.3. The van der Waals surface area contributed by atoms with Gasteiger partial charge in [-0.2, -0.15) is 13.2 Å². The summed E-state index contributed by atoms with van der Waals surface area (Å²) in [6.07, 6.45) is -1.23. The molecule has 0 radical (unpaired) electrons. The van der Waals surface area contributed by atoms with E-state index in [-0.39, 0.29) is 54.5 Å². The topological polar surface area (TPSA) is 96.0 Å². The summed E-state index contributed by atoms with van der Waals surface area (Å²) in [6.45, 7) is 9.02. The van der Waals surface area contributed by atoms with Crippen molar-refractivity contribution in [3.63, 3.8) is 0 Å². The average molecular weight is 582 g/mol. The highest BCUT2D eigenvalue weighted by molar-refractivity contribution is 5.86. The van der Waals surface area contributed by atoms with Crippen LogP contribution in [0.4, 0.5) is 18.0 Å². The number of alkyl halides is 3. The van der Waals surface area contributed by atoms with Gasteiger partial charge in [0.15, 0.2) is 0 Å². The van der Waals surface area contributed by atoms with Crippen LogP contribution in [0, 0.1) is 16.7 Å². The predicted molar refractivity (Wildman–Crippen MR) is 145 cm³/mol. The van der Waals surface area contributed by atoms with Crippen LogP contribution in [0.5, 0.6) is 0 Å². The number of rotatable bonds is 5. The second-order valence-corrected chi connectivity index (χ2v) is 13.3. The molecule has 0 bridgehead atoms. The van der Waals surface area contributed by atoms with Crippen LogP contribution in [0.2, 0.25) is 0 Å². The standard InChI is InChI=1S/C29H42F3N5O4/c1-27(2,3)16-34-26(39)37-14-20-10-21(35-23-6-8-41-15-24(23)40-4)11-28(20,17-37)25(38)36-7-5-22-18(13-36)9-19(12-33-22)29(30,31)32/h9,12,20-21,23-24,35H,5-8,10-11,13-17H2,1-4H3,(H,34,39)/t20-,21+,23-,24+,28-/m0/s1. The Balaban J connectivity index is 1.36. The molecule has 2 N–H and O–H groups in total. The van der Waals surface area contributed by atoms with Crippen molar-refractivity contribution in [3.05, 3.63) is 29.1 Å². The Hall–Kier alpha value is -2.44. The molecule has 41 heavy (non-hydrogen) atoms. The summed E-state index contributed by atoms with van der Waals surface area (Å²) in [5.74, 6) is -0.147. The number of hydrogen-bond donors (Lipinski definition) is 2.